The van der Waals surface area contributed by atoms with Crippen LogP contribution in [0.2, 0.25) is 0 Å². The lowest BCUT2D eigenvalue weighted by atomic mass is 10.1. The van der Waals surface area contributed by atoms with Crippen LogP contribution in [0.3, 0.4) is 0 Å². The lowest BCUT2D eigenvalue weighted by molar-refractivity contribution is 0.0876. The average Bonchev–Trinajstić information content (AvgIpc) is 2.32. The zero-order chi connectivity index (χ0) is 12.3. The van der Waals surface area contributed by atoms with E-state index in [9.17, 15) is 0 Å². The fourth-order valence-electron chi connectivity index (χ4n) is 2.06. The van der Waals surface area contributed by atoms with Crippen molar-refractivity contribution in [3.8, 4) is 0 Å². The van der Waals surface area contributed by atoms with Crippen LogP contribution in [0.1, 0.15) is 24.0 Å². The Bertz CT molecular complexity index is 414. The summed E-state index contributed by atoms with van der Waals surface area (Å²) in [6, 6.07) is 6.49. The van der Waals surface area contributed by atoms with Crippen molar-refractivity contribution in [2.24, 2.45) is 5.73 Å². The van der Waals surface area contributed by atoms with E-state index in [4.69, 9.17) is 22.7 Å². The number of hydrogen-bond donors (Lipinski definition) is 2. The highest BCUT2D eigenvalue weighted by Gasteiger charge is 2.15. The minimum Gasteiger partial charge on any atom is -0.389 e. The first-order valence-electron chi connectivity index (χ1n) is 5.91. The monoisotopic (exact) mass is 250 g/mol. The number of benzene rings is 1. The smallest absolute Gasteiger partial charge is 0.106 e. The van der Waals surface area contributed by atoms with E-state index in [2.05, 4.69) is 11.4 Å². The van der Waals surface area contributed by atoms with Crippen LogP contribution in [0.5, 0.6) is 0 Å². The summed E-state index contributed by atoms with van der Waals surface area (Å²) in [4.78, 5) is 0.438. The lowest BCUT2D eigenvalue weighted by Gasteiger charge is -2.25. The number of ether oxygens (including phenoxy) is 1. The van der Waals surface area contributed by atoms with E-state index >= 15 is 0 Å². The topological polar surface area (TPSA) is 47.3 Å². The summed E-state index contributed by atoms with van der Waals surface area (Å²) >= 11 is 5.08. The average molecular weight is 250 g/mol. The van der Waals surface area contributed by atoms with Gasteiger partial charge in [0, 0.05) is 23.9 Å². The minimum absolute atomic E-state index is 0.361. The highest BCUT2D eigenvalue weighted by atomic mass is 32.1. The summed E-state index contributed by atoms with van der Waals surface area (Å²) in [6.45, 7) is 3.66. The van der Waals surface area contributed by atoms with E-state index in [0.717, 1.165) is 37.3 Å². The number of aryl methyl sites for hydroxylation is 1. The fraction of sp³-hybridized carbons (Fsp3) is 0.462. The standard InChI is InChI=1S/C13H18N2OS/c1-9-4-5-12(11(7-9)13(14)17)15-10-3-2-6-16-8-10/h4-5,7,10,15H,2-3,6,8H2,1H3,(H2,14,17). The maximum Gasteiger partial charge on any atom is 0.106 e. The van der Waals surface area contributed by atoms with E-state index in [1.165, 1.54) is 5.56 Å². The van der Waals surface area contributed by atoms with E-state index < -0.39 is 0 Å². The molecule has 0 aliphatic carbocycles. The van der Waals surface area contributed by atoms with Gasteiger partial charge in [0.15, 0.2) is 0 Å². The Labute approximate surface area is 107 Å². The van der Waals surface area contributed by atoms with Gasteiger partial charge in [-0.3, -0.25) is 0 Å². The molecule has 0 aromatic heterocycles. The molecule has 1 atom stereocenters. The molecule has 17 heavy (non-hydrogen) atoms. The molecule has 1 heterocycles. The summed E-state index contributed by atoms with van der Waals surface area (Å²) in [5.41, 5.74) is 8.85. The van der Waals surface area contributed by atoms with Crippen molar-refractivity contribution in [2.45, 2.75) is 25.8 Å². The molecule has 2 rings (SSSR count). The molecule has 1 fully saturated rings. The second kappa shape index (κ2) is 5.47. The van der Waals surface area contributed by atoms with Crippen molar-refractivity contribution in [3.05, 3.63) is 29.3 Å². The van der Waals surface area contributed by atoms with Crippen molar-refractivity contribution < 1.29 is 4.74 Å². The number of anilines is 1. The Kier molecular flexibility index (Phi) is 3.97. The second-order valence-corrected chi connectivity index (χ2v) is 4.91. The van der Waals surface area contributed by atoms with Crippen LogP contribution in [0.4, 0.5) is 5.69 Å². The molecule has 0 radical (unpaired) electrons. The number of nitrogens with two attached hydrogens (primary N) is 1. The molecule has 1 aromatic rings. The molecule has 1 aromatic carbocycles. The summed E-state index contributed by atoms with van der Waals surface area (Å²) in [7, 11) is 0. The fourth-order valence-corrected chi connectivity index (χ4v) is 2.23. The van der Waals surface area contributed by atoms with Gasteiger partial charge < -0.3 is 15.8 Å². The van der Waals surface area contributed by atoms with Gasteiger partial charge in [0.05, 0.1) is 6.61 Å². The predicted molar refractivity (Wildman–Crippen MR) is 74.5 cm³/mol. The van der Waals surface area contributed by atoms with Gasteiger partial charge >= 0.3 is 0 Å². The number of hydrogen-bond acceptors (Lipinski definition) is 3. The van der Waals surface area contributed by atoms with Crippen LogP contribution < -0.4 is 11.1 Å². The largest absolute Gasteiger partial charge is 0.389 e. The van der Waals surface area contributed by atoms with Gasteiger partial charge in [-0.05, 0) is 31.9 Å². The van der Waals surface area contributed by atoms with Crippen molar-refractivity contribution >= 4 is 22.9 Å². The minimum atomic E-state index is 0.361. The normalized spacial score (nSPS) is 19.9. The number of thiocarbonyl (C=S) groups is 1. The molecular weight excluding hydrogens is 232 g/mol. The molecule has 0 bridgehead atoms. The van der Waals surface area contributed by atoms with E-state index in [1.54, 1.807) is 0 Å². The third-order valence-electron chi connectivity index (χ3n) is 2.96. The van der Waals surface area contributed by atoms with Crippen LogP contribution in [0.25, 0.3) is 0 Å². The van der Waals surface area contributed by atoms with Gasteiger partial charge in [-0.1, -0.05) is 23.8 Å². The summed E-state index contributed by atoms with van der Waals surface area (Å²) < 4.78 is 5.45. The first kappa shape index (κ1) is 12.3. The molecule has 0 saturated carbocycles. The van der Waals surface area contributed by atoms with Gasteiger partial charge in [0.2, 0.25) is 0 Å². The molecular formula is C13H18N2OS. The van der Waals surface area contributed by atoms with Gasteiger partial charge in [-0.2, -0.15) is 0 Å². The van der Waals surface area contributed by atoms with Crippen molar-refractivity contribution in [1.29, 1.82) is 0 Å². The van der Waals surface area contributed by atoms with Gasteiger partial charge in [0.1, 0.15) is 4.99 Å². The molecule has 3 nitrogen and oxygen atoms in total. The van der Waals surface area contributed by atoms with Crippen molar-refractivity contribution in [1.82, 2.24) is 0 Å². The molecule has 0 amide bonds. The molecule has 3 N–H and O–H groups in total. The van der Waals surface area contributed by atoms with Crippen LogP contribution in [0, 0.1) is 6.92 Å². The molecule has 4 heteroatoms. The third kappa shape index (κ3) is 3.17. The number of rotatable bonds is 3. The molecule has 1 unspecified atom stereocenters. The van der Waals surface area contributed by atoms with Crippen molar-refractivity contribution in [3.63, 3.8) is 0 Å². The SMILES string of the molecule is Cc1ccc(NC2CCCOC2)c(C(N)=S)c1. The van der Waals surface area contributed by atoms with E-state index in [0.29, 0.717) is 11.0 Å². The van der Waals surface area contributed by atoms with Crippen LogP contribution in [-0.2, 0) is 4.74 Å². The van der Waals surface area contributed by atoms with Gasteiger partial charge in [0.25, 0.3) is 0 Å². The lowest BCUT2D eigenvalue weighted by Crippen LogP contribution is -2.31. The van der Waals surface area contributed by atoms with Crippen LogP contribution in [-0.4, -0.2) is 24.2 Å². The van der Waals surface area contributed by atoms with E-state index in [1.807, 2.05) is 19.1 Å². The van der Waals surface area contributed by atoms with Gasteiger partial charge in [-0.15, -0.1) is 0 Å². The Morgan fingerprint density at radius 2 is 2.35 bits per heavy atom. The quantitative estimate of drug-likeness (QED) is 0.808. The second-order valence-electron chi connectivity index (χ2n) is 4.47. The molecule has 1 saturated heterocycles. The Balaban J connectivity index is 2.16. The zero-order valence-corrected chi connectivity index (χ0v) is 10.8. The third-order valence-corrected chi connectivity index (χ3v) is 3.18. The Morgan fingerprint density at radius 3 is 3.00 bits per heavy atom. The first-order valence-corrected chi connectivity index (χ1v) is 6.32. The van der Waals surface area contributed by atoms with Crippen molar-refractivity contribution in [2.75, 3.05) is 18.5 Å². The maximum absolute atomic E-state index is 5.75. The van der Waals surface area contributed by atoms with E-state index in [-0.39, 0.29) is 0 Å². The summed E-state index contributed by atoms with van der Waals surface area (Å²) in [6.07, 6.45) is 2.23. The van der Waals surface area contributed by atoms with Gasteiger partial charge in [-0.25, -0.2) is 0 Å². The van der Waals surface area contributed by atoms with Crippen LogP contribution in [0.15, 0.2) is 18.2 Å². The summed E-state index contributed by atoms with van der Waals surface area (Å²) in [5, 5.41) is 3.47. The first-order chi connectivity index (χ1) is 8.16. The summed E-state index contributed by atoms with van der Waals surface area (Å²) in [5.74, 6) is 0. The Morgan fingerprint density at radius 1 is 1.53 bits per heavy atom. The maximum atomic E-state index is 5.75. The molecule has 1 aliphatic heterocycles. The predicted octanol–water partition coefficient (Wildman–Crippen LogP) is 2.22. The Hall–Kier alpha value is -1.13. The molecule has 1 aliphatic rings. The number of nitrogens with one attached hydrogen (secondary N) is 1. The highest BCUT2D eigenvalue weighted by molar-refractivity contribution is 7.80. The zero-order valence-electron chi connectivity index (χ0n) is 10.0. The van der Waals surface area contributed by atoms with Crippen LogP contribution >= 0.6 is 12.2 Å². The molecule has 0 spiro atoms. The molecule has 92 valence electrons. The highest BCUT2D eigenvalue weighted by Crippen LogP contribution is 2.20.